The van der Waals surface area contributed by atoms with Crippen LogP contribution in [0.1, 0.15) is 0 Å². The van der Waals surface area contributed by atoms with Crippen LogP contribution >= 0.6 is 17.0 Å². The molecule has 1 aromatic heterocycles. The highest BCUT2D eigenvalue weighted by molar-refractivity contribution is 8.93. The summed E-state index contributed by atoms with van der Waals surface area (Å²) < 4.78 is 1.81. The number of rotatable bonds is 2. The van der Waals surface area contributed by atoms with Gasteiger partial charge in [-0.15, -0.1) is 23.6 Å². The van der Waals surface area contributed by atoms with Gasteiger partial charge in [0.2, 0.25) is 0 Å². The molecule has 1 N–H and O–H groups in total. The smallest absolute Gasteiger partial charge is 0.124 e. The second-order valence-corrected chi connectivity index (χ2v) is 2.03. The van der Waals surface area contributed by atoms with E-state index in [9.17, 15) is 0 Å². The lowest BCUT2D eigenvalue weighted by molar-refractivity contribution is 0.749. The average Bonchev–Trinajstić information content (AvgIpc) is 1.94. The summed E-state index contributed by atoms with van der Waals surface area (Å²) in [6.45, 7) is 4.30. The lowest BCUT2D eigenvalue weighted by atomic mass is 10.4. The summed E-state index contributed by atoms with van der Waals surface area (Å²) in [6.07, 6.45) is 3.64. The molecule has 0 saturated heterocycles. The maximum atomic E-state index is 7.39. The number of nitrogens with one attached hydrogen (secondary N) is 1. The molecule has 0 aromatic carbocycles. The maximum Gasteiger partial charge on any atom is 0.124 e. The van der Waals surface area contributed by atoms with Gasteiger partial charge in [-0.25, -0.2) is 0 Å². The van der Waals surface area contributed by atoms with E-state index in [0.717, 1.165) is 0 Å². The summed E-state index contributed by atoms with van der Waals surface area (Å²) in [5, 5.41) is 7.39. The van der Waals surface area contributed by atoms with Crippen LogP contribution < -0.4 is 5.49 Å². The molecule has 0 radical (unpaired) electrons. The summed E-state index contributed by atoms with van der Waals surface area (Å²) in [5.74, 6) is 0. The highest BCUT2D eigenvalue weighted by Gasteiger charge is 1.83. The Kier molecular flexibility index (Phi) is 4.54. The second-order valence-electron chi connectivity index (χ2n) is 2.03. The van der Waals surface area contributed by atoms with Gasteiger partial charge in [0.15, 0.2) is 0 Å². The van der Waals surface area contributed by atoms with Gasteiger partial charge in [0.25, 0.3) is 0 Å². The number of halogens is 1. The normalized spacial score (nSPS) is 8.36. The number of allylic oxidation sites excluding steroid dienone is 1. The summed E-state index contributed by atoms with van der Waals surface area (Å²) >= 11 is 0. The van der Waals surface area contributed by atoms with Gasteiger partial charge >= 0.3 is 0 Å². The molecule has 1 aromatic rings. The Bertz CT molecular complexity index is 277. The standard InChI is InChI=1S/C8H10N2.BrH/c1-2-6-10-7-4-3-5-8(10)9;/h2-5,7,9H,1,6H2;1H. The van der Waals surface area contributed by atoms with E-state index in [-0.39, 0.29) is 17.0 Å². The Hall–Kier alpha value is -0.830. The third-order valence-corrected chi connectivity index (χ3v) is 1.27. The van der Waals surface area contributed by atoms with E-state index in [1.807, 2.05) is 22.9 Å². The molecule has 1 heterocycles. The van der Waals surface area contributed by atoms with Crippen molar-refractivity contribution in [3.63, 3.8) is 0 Å². The highest BCUT2D eigenvalue weighted by Crippen LogP contribution is 1.80. The summed E-state index contributed by atoms with van der Waals surface area (Å²) in [7, 11) is 0. The quantitative estimate of drug-likeness (QED) is 0.728. The van der Waals surface area contributed by atoms with Crippen LogP contribution in [0.15, 0.2) is 37.1 Å². The lowest BCUT2D eigenvalue weighted by Gasteiger charge is -1.99. The Balaban J connectivity index is 0.000001000. The van der Waals surface area contributed by atoms with Crippen molar-refractivity contribution in [2.24, 2.45) is 0 Å². The van der Waals surface area contributed by atoms with Crippen LogP contribution in [0, 0.1) is 5.41 Å². The van der Waals surface area contributed by atoms with Crippen LogP contribution in [0.5, 0.6) is 0 Å². The Morgan fingerprint density at radius 1 is 1.55 bits per heavy atom. The van der Waals surface area contributed by atoms with E-state index in [0.29, 0.717) is 12.0 Å². The zero-order valence-electron chi connectivity index (χ0n) is 6.16. The van der Waals surface area contributed by atoms with Crippen molar-refractivity contribution in [2.45, 2.75) is 6.54 Å². The molecule has 1 rings (SSSR count). The monoisotopic (exact) mass is 214 g/mol. The zero-order chi connectivity index (χ0) is 7.40. The average molecular weight is 215 g/mol. The van der Waals surface area contributed by atoms with E-state index in [4.69, 9.17) is 5.41 Å². The number of nitrogens with zero attached hydrogens (tertiary/aromatic N) is 1. The largest absolute Gasteiger partial charge is 0.330 e. The molecule has 0 bridgehead atoms. The van der Waals surface area contributed by atoms with Crippen LogP contribution in [0.2, 0.25) is 0 Å². The van der Waals surface area contributed by atoms with Crippen LogP contribution in [0.4, 0.5) is 0 Å². The van der Waals surface area contributed by atoms with Gasteiger partial charge in [-0.05, 0) is 12.1 Å². The van der Waals surface area contributed by atoms with Crippen molar-refractivity contribution < 1.29 is 0 Å². The molecule has 2 nitrogen and oxygen atoms in total. The maximum absolute atomic E-state index is 7.39. The fourth-order valence-electron chi connectivity index (χ4n) is 0.775. The first-order valence-corrected chi connectivity index (χ1v) is 3.15. The van der Waals surface area contributed by atoms with Crippen molar-refractivity contribution in [3.05, 3.63) is 42.5 Å². The van der Waals surface area contributed by atoms with Crippen LogP contribution in [0.25, 0.3) is 0 Å². The lowest BCUT2D eigenvalue weighted by Crippen LogP contribution is -2.16. The topological polar surface area (TPSA) is 28.8 Å². The van der Waals surface area contributed by atoms with E-state index in [1.54, 1.807) is 12.1 Å². The van der Waals surface area contributed by atoms with Gasteiger partial charge < -0.3 is 4.57 Å². The van der Waals surface area contributed by atoms with Crippen LogP contribution in [-0.4, -0.2) is 4.57 Å². The van der Waals surface area contributed by atoms with Crippen LogP contribution in [-0.2, 0) is 6.54 Å². The van der Waals surface area contributed by atoms with Crippen molar-refractivity contribution in [2.75, 3.05) is 0 Å². The minimum absolute atomic E-state index is 0. The molecule has 11 heavy (non-hydrogen) atoms. The first-order valence-electron chi connectivity index (χ1n) is 3.15. The van der Waals surface area contributed by atoms with E-state index in [1.165, 1.54) is 0 Å². The SMILES string of the molecule is Br.C=CCn1ccccc1=N. The number of pyridine rings is 1. The number of hydrogen-bond donors (Lipinski definition) is 1. The van der Waals surface area contributed by atoms with E-state index >= 15 is 0 Å². The first-order chi connectivity index (χ1) is 4.84. The van der Waals surface area contributed by atoms with Gasteiger partial charge in [0.05, 0.1) is 0 Å². The predicted molar refractivity (Wildman–Crippen MR) is 50.8 cm³/mol. The minimum atomic E-state index is 0. The summed E-state index contributed by atoms with van der Waals surface area (Å²) in [6, 6.07) is 5.51. The van der Waals surface area contributed by atoms with E-state index < -0.39 is 0 Å². The molecule has 0 aliphatic carbocycles. The van der Waals surface area contributed by atoms with Crippen molar-refractivity contribution >= 4 is 17.0 Å². The summed E-state index contributed by atoms with van der Waals surface area (Å²) in [5.41, 5.74) is 0.516. The molecular weight excluding hydrogens is 204 g/mol. The minimum Gasteiger partial charge on any atom is -0.330 e. The van der Waals surface area contributed by atoms with Crippen molar-refractivity contribution in [3.8, 4) is 0 Å². The fourth-order valence-corrected chi connectivity index (χ4v) is 0.775. The van der Waals surface area contributed by atoms with Gasteiger partial charge in [-0.2, -0.15) is 0 Å². The van der Waals surface area contributed by atoms with Gasteiger partial charge in [0, 0.05) is 12.7 Å². The molecule has 0 aliphatic heterocycles. The molecule has 3 heteroatoms. The van der Waals surface area contributed by atoms with Crippen molar-refractivity contribution in [1.82, 2.24) is 4.57 Å². The molecule has 0 aliphatic rings. The highest BCUT2D eigenvalue weighted by atomic mass is 79.9. The molecule has 0 atom stereocenters. The predicted octanol–water partition coefficient (Wildman–Crippen LogP) is 1.73. The van der Waals surface area contributed by atoms with Crippen molar-refractivity contribution in [1.29, 1.82) is 5.41 Å². The third kappa shape index (κ3) is 2.72. The Morgan fingerprint density at radius 2 is 2.27 bits per heavy atom. The van der Waals surface area contributed by atoms with Crippen LogP contribution in [0.3, 0.4) is 0 Å². The summed E-state index contributed by atoms with van der Waals surface area (Å²) in [4.78, 5) is 0. The molecule has 0 saturated carbocycles. The second kappa shape index (κ2) is 4.91. The molecule has 0 amide bonds. The molecular formula is C8H11BrN2. The van der Waals surface area contributed by atoms with Gasteiger partial charge in [-0.3, -0.25) is 5.41 Å². The first kappa shape index (κ1) is 10.2. The Morgan fingerprint density at radius 3 is 2.82 bits per heavy atom. The molecule has 60 valence electrons. The molecule has 0 spiro atoms. The molecule has 0 unspecified atom stereocenters. The fraction of sp³-hybridized carbons (Fsp3) is 0.125. The zero-order valence-corrected chi connectivity index (χ0v) is 7.87. The van der Waals surface area contributed by atoms with E-state index in [2.05, 4.69) is 6.58 Å². The van der Waals surface area contributed by atoms with Gasteiger partial charge in [0.1, 0.15) is 5.49 Å². The third-order valence-electron chi connectivity index (χ3n) is 1.27. The molecule has 0 fully saturated rings. The Labute approximate surface area is 76.5 Å². The number of hydrogen-bond acceptors (Lipinski definition) is 1. The number of aromatic nitrogens is 1. The van der Waals surface area contributed by atoms with Gasteiger partial charge in [-0.1, -0.05) is 12.1 Å².